The highest BCUT2D eigenvalue weighted by atomic mass is 35.5. The van der Waals surface area contributed by atoms with E-state index in [4.69, 9.17) is 28.9 Å². The number of aliphatic hydroxyl groups is 1. The van der Waals surface area contributed by atoms with Crippen molar-refractivity contribution in [3.63, 3.8) is 0 Å². The molecule has 0 saturated heterocycles. The minimum absolute atomic E-state index is 0.0600. The molecule has 1 aliphatic carbocycles. The fraction of sp³-hybridized carbons (Fsp3) is 0.462. The molecule has 4 N–H and O–H groups in total. The minimum Gasteiger partial charge on any atom is -0.397 e. The topological polar surface area (TPSA) is 75.4 Å². The Balaban J connectivity index is 2.20. The number of nitrogen functional groups attached to an aromatic ring is 1. The molecule has 0 unspecified atom stereocenters. The summed E-state index contributed by atoms with van der Waals surface area (Å²) >= 11 is 11.8. The van der Waals surface area contributed by atoms with Crippen LogP contribution in [0.3, 0.4) is 0 Å². The number of hydrogen-bond acceptors (Lipinski definition) is 3. The van der Waals surface area contributed by atoms with Gasteiger partial charge >= 0.3 is 0 Å². The minimum atomic E-state index is -0.516. The molecular weight excluding hydrogens is 287 g/mol. The third-order valence-electron chi connectivity index (χ3n) is 3.56. The predicted octanol–water partition coefficient (Wildman–Crippen LogP) is 2.61. The number of carbonyl (C=O) groups is 1. The van der Waals surface area contributed by atoms with E-state index in [1.807, 2.05) is 0 Å². The van der Waals surface area contributed by atoms with Gasteiger partial charge in [0.05, 0.1) is 27.9 Å². The maximum Gasteiger partial charge on any atom is 0.251 e. The first kappa shape index (κ1) is 14.4. The second kappa shape index (κ2) is 5.57. The molecule has 19 heavy (non-hydrogen) atoms. The molecule has 2 rings (SSSR count). The third-order valence-corrected chi connectivity index (χ3v) is 4.38. The van der Waals surface area contributed by atoms with Crippen LogP contribution in [-0.4, -0.2) is 23.2 Å². The van der Waals surface area contributed by atoms with Gasteiger partial charge in [-0.2, -0.15) is 0 Å². The Labute approximate surface area is 121 Å². The number of amides is 1. The first-order valence-corrected chi connectivity index (χ1v) is 6.91. The van der Waals surface area contributed by atoms with Gasteiger partial charge in [-0.15, -0.1) is 0 Å². The van der Waals surface area contributed by atoms with E-state index >= 15 is 0 Å². The number of carbonyl (C=O) groups excluding carboxylic acids is 1. The number of hydrogen-bond donors (Lipinski definition) is 3. The molecule has 1 amide bonds. The summed E-state index contributed by atoms with van der Waals surface area (Å²) in [4.78, 5) is 12.2. The lowest BCUT2D eigenvalue weighted by atomic mass is 9.98. The fourth-order valence-corrected chi connectivity index (χ4v) is 2.76. The van der Waals surface area contributed by atoms with Gasteiger partial charge < -0.3 is 16.2 Å². The summed E-state index contributed by atoms with van der Waals surface area (Å²) in [6.45, 7) is -0.0600. The Hall–Kier alpha value is -0.970. The zero-order valence-corrected chi connectivity index (χ0v) is 11.9. The predicted molar refractivity (Wildman–Crippen MR) is 76.6 cm³/mol. The van der Waals surface area contributed by atoms with Gasteiger partial charge in [-0.25, -0.2) is 0 Å². The molecule has 0 atom stereocenters. The first-order chi connectivity index (χ1) is 8.97. The Bertz CT molecular complexity index is 476. The Morgan fingerprint density at radius 1 is 1.37 bits per heavy atom. The van der Waals surface area contributed by atoms with Crippen LogP contribution in [0.5, 0.6) is 0 Å². The number of halogens is 2. The molecule has 1 aliphatic rings. The average molecular weight is 303 g/mol. The number of nitrogens with one attached hydrogen (secondary N) is 1. The van der Waals surface area contributed by atoms with Gasteiger partial charge in [-0.1, -0.05) is 36.0 Å². The molecule has 0 bridgehead atoms. The largest absolute Gasteiger partial charge is 0.397 e. The van der Waals surface area contributed by atoms with Crippen LogP contribution in [0.15, 0.2) is 12.1 Å². The van der Waals surface area contributed by atoms with Crippen LogP contribution in [-0.2, 0) is 0 Å². The highest BCUT2D eigenvalue weighted by Crippen LogP contribution is 2.31. The van der Waals surface area contributed by atoms with E-state index in [0.717, 1.165) is 25.7 Å². The van der Waals surface area contributed by atoms with E-state index < -0.39 is 5.54 Å². The van der Waals surface area contributed by atoms with Crippen LogP contribution < -0.4 is 11.1 Å². The van der Waals surface area contributed by atoms with Gasteiger partial charge in [0.1, 0.15) is 0 Å². The zero-order valence-electron chi connectivity index (χ0n) is 10.4. The molecule has 1 saturated carbocycles. The smallest absolute Gasteiger partial charge is 0.251 e. The Morgan fingerprint density at radius 3 is 2.53 bits per heavy atom. The SMILES string of the molecule is Nc1cc(C(=O)NC2(CO)CCCC2)cc(Cl)c1Cl. The molecule has 1 aromatic carbocycles. The molecule has 0 aliphatic heterocycles. The molecule has 0 heterocycles. The van der Waals surface area contributed by atoms with E-state index in [0.29, 0.717) is 5.56 Å². The van der Waals surface area contributed by atoms with Crippen LogP contribution >= 0.6 is 23.2 Å². The second-order valence-corrected chi connectivity index (χ2v) is 5.75. The molecule has 1 aromatic rings. The number of aliphatic hydroxyl groups excluding tert-OH is 1. The number of benzene rings is 1. The quantitative estimate of drug-likeness (QED) is 0.751. The zero-order chi connectivity index (χ0) is 14.0. The molecule has 104 valence electrons. The van der Waals surface area contributed by atoms with Crippen LogP contribution in [0.4, 0.5) is 5.69 Å². The third kappa shape index (κ3) is 2.96. The monoisotopic (exact) mass is 302 g/mol. The van der Waals surface area contributed by atoms with Crippen LogP contribution in [0.1, 0.15) is 36.0 Å². The summed E-state index contributed by atoms with van der Waals surface area (Å²) in [6, 6.07) is 2.97. The van der Waals surface area contributed by atoms with Crippen LogP contribution in [0, 0.1) is 0 Å². The van der Waals surface area contributed by atoms with E-state index in [1.165, 1.54) is 12.1 Å². The van der Waals surface area contributed by atoms with Crippen molar-refractivity contribution < 1.29 is 9.90 Å². The number of rotatable bonds is 3. The summed E-state index contributed by atoms with van der Waals surface area (Å²) in [5.41, 5.74) is 5.79. The van der Waals surface area contributed by atoms with E-state index in [-0.39, 0.29) is 28.2 Å². The summed E-state index contributed by atoms with van der Waals surface area (Å²) in [5, 5.41) is 12.9. The van der Waals surface area contributed by atoms with Crippen molar-refractivity contribution in [1.82, 2.24) is 5.32 Å². The first-order valence-electron chi connectivity index (χ1n) is 6.15. The van der Waals surface area contributed by atoms with Crippen molar-refractivity contribution in [2.45, 2.75) is 31.2 Å². The molecular formula is C13H16Cl2N2O2. The van der Waals surface area contributed by atoms with Gasteiger partial charge in [0.15, 0.2) is 0 Å². The standard InChI is InChI=1S/C13H16Cl2N2O2/c14-9-5-8(6-10(16)11(9)15)12(19)17-13(7-18)3-1-2-4-13/h5-6,18H,1-4,7,16H2,(H,17,19). The highest BCUT2D eigenvalue weighted by Gasteiger charge is 2.34. The highest BCUT2D eigenvalue weighted by molar-refractivity contribution is 6.43. The molecule has 6 heteroatoms. The van der Waals surface area contributed by atoms with Crippen molar-refractivity contribution >= 4 is 34.8 Å². The Kier molecular flexibility index (Phi) is 4.23. The number of anilines is 1. The summed E-state index contributed by atoms with van der Waals surface area (Å²) in [6.07, 6.45) is 3.58. The van der Waals surface area contributed by atoms with Crippen LogP contribution in [0.2, 0.25) is 10.0 Å². The number of nitrogens with two attached hydrogens (primary N) is 1. The van der Waals surface area contributed by atoms with E-state index in [2.05, 4.69) is 5.32 Å². The lowest BCUT2D eigenvalue weighted by molar-refractivity contribution is 0.0838. The van der Waals surface area contributed by atoms with Gasteiger partial charge in [0.25, 0.3) is 5.91 Å². The van der Waals surface area contributed by atoms with Crippen molar-refractivity contribution in [2.24, 2.45) is 0 Å². The van der Waals surface area contributed by atoms with Gasteiger partial charge in [0, 0.05) is 5.56 Å². The fourth-order valence-electron chi connectivity index (χ4n) is 2.43. The van der Waals surface area contributed by atoms with Crippen molar-refractivity contribution in [3.8, 4) is 0 Å². The van der Waals surface area contributed by atoms with E-state index in [9.17, 15) is 9.90 Å². The lowest BCUT2D eigenvalue weighted by Gasteiger charge is -2.28. The second-order valence-electron chi connectivity index (χ2n) is 4.96. The van der Waals surface area contributed by atoms with Crippen LogP contribution in [0.25, 0.3) is 0 Å². The van der Waals surface area contributed by atoms with Gasteiger partial charge in [0.2, 0.25) is 0 Å². The normalized spacial score (nSPS) is 17.4. The van der Waals surface area contributed by atoms with Crippen molar-refractivity contribution in [1.29, 1.82) is 0 Å². The molecule has 1 fully saturated rings. The molecule has 0 spiro atoms. The Morgan fingerprint density at radius 2 is 2.00 bits per heavy atom. The van der Waals surface area contributed by atoms with E-state index in [1.54, 1.807) is 0 Å². The summed E-state index contributed by atoms with van der Waals surface area (Å²) in [7, 11) is 0. The van der Waals surface area contributed by atoms with Crippen molar-refractivity contribution in [3.05, 3.63) is 27.7 Å². The lowest BCUT2D eigenvalue weighted by Crippen LogP contribution is -2.49. The van der Waals surface area contributed by atoms with Crippen molar-refractivity contribution in [2.75, 3.05) is 12.3 Å². The molecule has 0 radical (unpaired) electrons. The molecule has 4 nitrogen and oxygen atoms in total. The summed E-state index contributed by atoms with van der Waals surface area (Å²) in [5.74, 6) is -0.291. The average Bonchev–Trinajstić information content (AvgIpc) is 2.84. The maximum absolute atomic E-state index is 12.2. The summed E-state index contributed by atoms with van der Waals surface area (Å²) < 4.78 is 0. The van der Waals surface area contributed by atoms with Gasteiger partial charge in [-0.3, -0.25) is 4.79 Å². The maximum atomic E-state index is 12.2. The molecule has 0 aromatic heterocycles. The van der Waals surface area contributed by atoms with Gasteiger partial charge in [-0.05, 0) is 25.0 Å².